The fourth-order valence-corrected chi connectivity index (χ4v) is 4.56. The fourth-order valence-electron chi connectivity index (χ4n) is 2.80. The van der Waals surface area contributed by atoms with Gasteiger partial charge in [0.25, 0.3) is 0 Å². The topological polar surface area (TPSA) is 93.2 Å². The van der Waals surface area contributed by atoms with Crippen molar-refractivity contribution in [3.63, 3.8) is 0 Å². The summed E-state index contributed by atoms with van der Waals surface area (Å²) in [5, 5.41) is 9.82. The van der Waals surface area contributed by atoms with Gasteiger partial charge in [0, 0.05) is 5.02 Å². The van der Waals surface area contributed by atoms with Crippen LogP contribution in [-0.2, 0) is 10.1 Å². The molecule has 0 saturated heterocycles. The minimum Gasteiger partial charge on any atom is -0.435 e. The first-order chi connectivity index (χ1) is 15.3. The Kier molecular flexibility index (Phi) is 6.13. The SMILES string of the molecule is N#C/C(=C\c1cc(Cl)c(OS(=O)(=O)c2ccc(Cl)cc2)c(Cl)c1)c1nc2ccccc2o1. The number of hydrogen-bond donors (Lipinski definition) is 0. The molecule has 0 fully saturated rings. The van der Waals surface area contributed by atoms with E-state index >= 15 is 0 Å². The number of benzene rings is 3. The summed E-state index contributed by atoms with van der Waals surface area (Å²) in [5.41, 5.74) is 1.71. The van der Waals surface area contributed by atoms with E-state index in [1.165, 1.54) is 42.5 Å². The number of nitriles is 1. The van der Waals surface area contributed by atoms with Crippen LogP contribution >= 0.6 is 34.8 Å². The summed E-state index contributed by atoms with van der Waals surface area (Å²) in [6, 6.07) is 17.4. The van der Waals surface area contributed by atoms with Crippen LogP contribution in [0.5, 0.6) is 5.75 Å². The Morgan fingerprint density at radius 3 is 2.31 bits per heavy atom. The van der Waals surface area contributed by atoms with Crippen LogP contribution in [0.4, 0.5) is 0 Å². The molecule has 160 valence electrons. The predicted molar refractivity (Wildman–Crippen MR) is 123 cm³/mol. The van der Waals surface area contributed by atoms with Crippen LogP contribution in [0.2, 0.25) is 15.1 Å². The maximum atomic E-state index is 12.5. The van der Waals surface area contributed by atoms with Crippen LogP contribution in [-0.4, -0.2) is 13.4 Å². The van der Waals surface area contributed by atoms with Gasteiger partial charge in [-0.15, -0.1) is 0 Å². The molecule has 0 N–H and O–H groups in total. The van der Waals surface area contributed by atoms with E-state index in [9.17, 15) is 13.7 Å². The minimum atomic E-state index is -4.19. The lowest BCUT2D eigenvalue weighted by Gasteiger charge is -2.11. The smallest absolute Gasteiger partial charge is 0.339 e. The zero-order valence-electron chi connectivity index (χ0n) is 15.9. The van der Waals surface area contributed by atoms with E-state index in [0.29, 0.717) is 21.7 Å². The van der Waals surface area contributed by atoms with Gasteiger partial charge in [-0.1, -0.05) is 46.9 Å². The summed E-state index contributed by atoms with van der Waals surface area (Å²) in [4.78, 5) is 4.18. The quantitative estimate of drug-likeness (QED) is 0.223. The van der Waals surface area contributed by atoms with E-state index in [1.54, 1.807) is 24.3 Å². The second kappa shape index (κ2) is 8.85. The van der Waals surface area contributed by atoms with Crippen LogP contribution in [0.1, 0.15) is 11.5 Å². The average Bonchev–Trinajstić information content (AvgIpc) is 3.19. The molecule has 0 radical (unpaired) electrons. The Labute approximate surface area is 198 Å². The highest BCUT2D eigenvalue weighted by atomic mass is 35.5. The molecule has 0 unspecified atom stereocenters. The van der Waals surface area contributed by atoms with E-state index in [2.05, 4.69) is 4.98 Å². The molecule has 0 atom stereocenters. The third kappa shape index (κ3) is 4.59. The average molecular weight is 506 g/mol. The van der Waals surface area contributed by atoms with Crippen molar-refractivity contribution in [3.8, 4) is 11.8 Å². The number of aromatic nitrogens is 1. The Balaban J connectivity index is 1.67. The number of fused-ring (bicyclic) bond motifs is 1. The summed E-state index contributed by atoms with van der Waals surface area (Å²) >= 11 is 18.3. The highest BCUT2D eigenvalue weighted by Gasteiger charge is 2.21. The molecule has 1 aromatic heterocycles. The Bertz CT molecular complexity index is 1450. The number of nitrogens with zero attached hydrogens (tertiary/aromatic N) is 2. The molecule has 1 heterocycles. The highest BCUT2D eigenvalue weighted by Crippen LogP contribution is 2.37. The number of rotatable bonds is 5. The molecule has 0 aliphatic carbocycles. The van der Waals surface area contributed by atoms with Crippen molar-refractivity contribution >= 4 is 67.7 Å². The van der Waals surface area contributed by atoms with Crippen LogP contribution < -0.4 is 4.18 Å². The van der Waals surface area contributed by atoms with Crippen molar-refractivity contribution in [2.45, 2.75) is 4.90 Å². The van der Waals surface area contributed by atoms with Gasteiger partial charge < -0.3 is 8.60 Å². The van der Waals surface area contributed by atoms with Crippen molar-refractivity contribution in [2.24, 2.45) is 0 Å². The van der Waals surface area contributed by atoms with Gasteiger partial charge in [-0.25, -0.2) is 4.98 Å². The van der Waals surface area contributed by atoms with Gasteiger partial charge in [0.15, 0.2) is 11.3 Å². The van der Waals surface area contributed by atoms with Gasteiger partial charge in [-0.3, -0.25) is 0 Å². The Hall–Kier alpha value is -3.02. The summed E-state index contributed by atoms with van der Waals surface area (Å²) in [5.74, 6) is -0.104. The largest absolute Gasteiger partial charge is 0.435 e. The maximum absolute atomic E-state index is 12.5. The third-order valence-electron chi connectivity index (χ3n) is 4.27. The molecular formula is C22H11Cl3N2O4S. The summed E-state index contributed by atoms with van der Waals surface area (Å²) in [6.45, 7) is 0. The molecule has 0 saturated carbocycles. The van der Waals surface area contributed by atoms with E-state index < -0.39 is 10.1 Å². The zero-order chi connectivity index (χ0) is 22.9. The molecule has 32 heavy (non-hydrogen) atoms. The van der Waals surface area contributed by atoms with Crippen LogP contribution in [0.15, 0.2) is 70.0 Å². The fraction of sp³-hybridized carbons (Fsp3) is 0. The van der Waals surface area contributed by atoms with Crippen LogP contribution in [0.25, 0.3) is 22.7 Å². The summed E-state index contributed by atoms with van der Waals surface area (Å²) in [7, 11) is -4.19. The molecule has 10 heteroatoms. The number of oxazole rings is 1. The standard InChI is InChI=1S/C22H11Cl3N2O4S/c23-15-5-7-16(8-6-15)32(28,29)31-21-17(24)10-13(11-18(21)25)9-14(12-26)22-27-19-3-1-2-4-20(19)30-22/h1-11H/b14-9+. The molecule has 0 bridgehead atoms. The van der Waals surface area contributed by atoms with Crippen molar-refractivity contribution in [3.05, 3.63) is 87.2 Å². The first kappa shape index (κ1) is 22.2. The minimum absolute atomic E-state index is 0.0591. The molecule has 0 aliphatic heterocycles. The Morgan fingerprint density at radius 2 is 1.69 bits per heavy atom. The van der Waals surface area contributed by atoms with Crippen molar-refractivity contribution in [1.29, 1.82) is 5.26 Å². The number of para-hydroxylation sites is 2. The second-order valence-corrected chi connectivity index (χ2v) is 9.26. The molecule has 0 aliphatic rings. The van der Waals surface area contributed by atoms with Crippen LogP contribution in [0, 0.1) is 11.3 Å². The van der Waals surface area contributed by atoms with Crippen molar-refractivity contribution in [2.75, 3.05) is 0 Å². The van der Waals surface area contributed by atoms with Gasteiger partial charge >= 0.3 is 10.1 Å². The molecule has 0 spiro atoms. The van der Waals surface area contributed by atoms with Crippen molar-refractivity contribution < 1.29 is 17.0 Å². The van der Waals surface area contributed by atoms with Gasteiger partial charge in [-0.2, -0.15) is 13.7 Å². The van der Waals surface area contributed by atoms with Gasteiger partial charge in [0.05, 0.1) is 10.0 Å². The van der Waals surface area contributed by atoms with Gasteiger partial charge in [-0.05, 0) is 60.2 Å². The number of halogens is 3. The highest BCUT2D eigenvalue weighted by molar-refractivity contribution is 7.87. The first-order valence-electron chi connectivity index (χ1n) is 8.94. The Morgan fingerprint density at radius 1 is 1.03 bits per heavy atom. The molecule has 6 nitrogen and oxygen atoms in total. The van der Waals surface area contributed by atoms with E-state index in [0.717, 1.165) is 0 Å². The first-order valence-corrected chi connectivity index (χ1v) is 11.5. The van der Waals surface area contributed by atoms with Gasteiger partial charge in [0.1, 0.15) is 22.1 Å². The zero-order valence-corrected chi connectivity index (χ0v) is 19.0. The second-order valence-electron chi connectivity index (χ2n) is 6.46. The molecular weight excluding hydrogens is 495 g/mol. The summed E-state index contributed by atoms with van der Waals surface area (Å²) in [6.07, 6.45) is 1.47. The lowest BCUT2D eigenvalue weighted by Crippen LogP contribution is -2.10. The van der Waals surface area contributed by atoms with E-state index in [-0.39, 0.29) is 32.2 Å². The lowest BCUT2D eigenvalue weighted by atomic mass is 10.1. The molecule has 0 amide bonds. The number of allylic oxidation sites excluding steroid dienone is 1. The molecule has 4 rings (SSSR count). The number of hydrogen-bond acceptors (Lipinski definition) is 6. The van der Waals surface area contributed by atoms with Crippen LogP contribution in [0.3, 0.4) is 0 Å². The third-order valence-corrected chi connectivity index (χ3v) is 6.32. The molecule has 4 aromatic rings. The van der Waals surface area contributed by atoms with Crippen molar-refractivity contribution in [1.82, 2.24) is 4.98 Å². The predicted octanol–water partition coefficient (Wildman–Crippen LogP) is 6.62. The normalized spacial score (nSPS) is 12.0. The summed E-state index contributed by atoms with van der Waals surface area (Å²) < 4.78 is 35.8. The maximum Gasteiger partial charge on any atom is 0.339 e. The van der Waals surface area contributed by atoms with E-state index in [1.807, 2.05) is 6.07 Å². The lowest BCUT2D eigenvalue weighted by molar-refractivity contribution is 0.486. The van der Waals surface area contributed by atoms with Gasteiger partial charge in [0.2, 0.25) is 5.89 Å². The molecule has 3 aromatic carbocycles. The monoisotopic (exact) mass is 504 g/mol. The van der Waals surface area contributed by atoms with E-state index in [4.69, 9.17) is 43.4 Å².